The highest BCUT2D eigenvalue weighted by Gasteiger charge is 2.37. The molecule has 0 spiro atoms. The first-order valence-electron chi connectivity index (χ1n) is 7.08. The zero-order valence-corrected chi connectivity index (χ0v) is 13.2. The Labute approximate surface area is 120 Å². The van der Waals surface area contributed by atoms with E-state index in [0.717, 1.165) is 25.7 Å². The van der Waals surface area contributed by atoms with E-state index in [2.05, 4.69) is 4.72 Å². The summed E-state index contributed by atoms with van der Waals surface area (Å²) in [5.41, 5.74) is -0.326. The van der Waals surface area contributed by atoms with Crippen LogP contribution in [0, 0.1) is 5.41 Å². The highest BCUT2D eigenvalue weighted by molar-refractivity contribution is 7.92. The fourth-order valence-electron chi connectivity index (χ4n) is 3.07. The summed E-state index contributed by atoms with van der Waals surface area (Å²) >= 11 is 0. The third-order valence-electron chi connectivity index (χ3n) is 4.59. The van der Waals surface area contributed by atoms with Crippen LogP contribution in [0.4, 0.5) is 0 Å². The van der Waals surface area contributed by atoms with Crippen molar-refractivity contribution in [3.8, 4) is 0 Å². The van der Waals surface area contributed by atoms with E-state index in [1.165, 1.54) is 0 Å². The molecule has 0 atom stereocenters. The molecule has 8 heteroatoms. The molecule has 0 bridgehead atoms. The first-order valence-corrected chi connectivity index (χ1v) is 10.5. The molecule has 0 amide bonds. The lowest BCUT2D eigenvalue weighted by Gasteiger charge is -2.29. The van der Waals surface area contributed by atoms with Gasteiger partial charge in [0.2, 0.25) is 10.0 Å². The average Bonchev–Trinajstić information content (AvgIpc) is 2.86. The van der Waals surface area contributed by atoms with Crippen LogP contribution in [0.1, 0.15) is 38.5 Å². The topological polar surface area (TPSA) is 101 Å². The summed E-state index contributed by atoms with van der Waals surface area (Å²) in [7, 11) is -6.55. The molecule has 0 aromatic heterocycles. The fourth-order valence-corrected chi connectivity index (χ4v) is 6.46. The summed E-state index contributed by atoms with van der Waals surface area (Å²) in [4.78, 5) is 0. The second-order valence-electron chi connectivity index (χ2n) is 6.08. The van der Waals surface area contributed by atoms with Crippen LogP contribution in [0.25, 0.3) is 0 Å². The first kappa shape index (κ1) is 16.2. The maximum absolute atomic E-state index is 12.2. The minimum absolute atomic E-state index is 0.00539. The molecule has 2 fully saturated rings. The molecule has 20 heavy (non-hydrogen) atoms. The normalized spacial score (nSPS) is 26.6. The zero-order chi connectivity index (χ0) is 14.9. The van der Waals surface area contributed by atoms with Gasteiger partial charge in [0.1, 0.15) is 9.84 Å². The molecule has 1 saturated heterocycles. The molecule has 0 unspecified atom stereocenters. The van der Waals surface area contributed by atoms with E-state index in [0.29, 0.717) is 0 Å². The van der Waals surface area contributed by atoms with Crippen molar-refractivity contribution >= 4 is 19.9 Å². The van der Waals surface area contributed by atoms with Gasteiger partial charge in [-0.1, -0.05) is 12.8 Å². The van der Waals surface area contributed by atoms with Crippen molar-refractivity contribution in [2.75, 3.05) is 24.7 Å². The molecular formula is C12H23NO5S2. The van der Waals surface area contributed by atoms with Crippen molar-refractivity contribution in [3.05, 3.63) is 0 Å². The monoisotopic (exact) mass is 325 g/mol. The quantitative estimate of drug-likeness (QED) is 0.743. The molecule has 1 aliphatic carbocycles. The zero-order valence-electron chi connectivity index (χ0n) is 11.5. The second-order valence-corrected chi connectivity index (χ2v) is 10.4. The summed E-state index contributed by atoms with van der Waals surface area (Å²) in [6.07, 6.45) is 4.05. The minimum Gasteiger partial charge on any atom is -0.396 e. The van der Waals surface area contributed by atoms with Crippen LogP contribution in [0.2, 0.25) is 0 Å². The Bertz CT molecular complexity index is 520. The van der Waals surface area contributed by atoms with Crippen LogP contribution >= 0.6 is 0 Å². The fraction of sp³-hybridized carbons (Fsp3) is 1.00. The van der Waals surface area contributed by atoms with Gasteiger partial charge in [0.05, 0.1) is 16.8 Å². The van der Waals surface area contributed by atoms with Crippen molar-refractivity contribution in [2.24, 2.45) is 5.41 Å². The highest BCUT2D eigenvalue weighted by Crippen LogP contribution is 2.37. The molecule has 2 rings (SSSR count). The third-order valence-corrected chi connectivity index (χ3v) is 8.20. The van der Waals surface area contributed by atoms with E-state index in [1.807, 2.05) is 0 Å². The van der Waals surface area contributed by atoms with E-state index in [-0.39, 0.29) is 42.9 Å². The van der Waals surface area contributed by atoms with Crippen molar-refractivity contribution < 1.29 is 21.9 Å². The molecule has 2 aliphatic rings. The molecular weight excluding hydrogens is 302 g/mol. The van der Waals surface area contributed by atoms with Crippen molar-refractivity contribution in [3.63, 3.8) is 0 Å². The van der Waals surface area contributed by atoms with Gasteiger partial charge in [-0.15, -0.1) is 0 Å². The molecule has 1 aliphatic heterocycles. The number of sulfonamides is 1. The number of sulfone groups is 1. The van der Waals surface area contributed by atoms with Gasteiger partial charge in [-0.25, -0.2) is 21.6 Å². The summed E-state index contributed by atoms with van der Waals surface area (Å²) in [6, 6.07) is 0. The lowest BCUT2D eigenvalue weighted by Crippen LogP contribution is -2.44. The van der Waals surface area contributed by atoms with Crippen molar-refractivity contribution in [2.45, 2.75) is 43.8 Å². The number of rotatable bonds is 5. The van der Waals surface area contributed by atoms with Gasteiger partial charge in [-0.05, 0) is 25.7 Å². The smallest absolute Gasteiger partial charge is 0.214 e. The lowest BCUT2D eigenvalue weighted by molar-refractivity contribution is 0.134. The predicted octanol–water partition coefficient (Wildman–Crippen LogP) is 0.0357. The van der Waals surface area contributed by atoms with Gasteiger partial charge in [-0.2, -0.15) is 0 Å². The number of nitrogens with one attached hydrogen (secondary N) is 1. The Morgan fingerprint density at radius 3 is 2.20 bits per heavy atom. The van der Waals surface area contributed by atoms with E-state index in [9.17, 15) is 21.9 Å². The lowest BCUT2D eigenvalue weighted by atomic mass is 9.88. The Hall–Kier alpha value is -0.180. The second kappa shape index (κ2) is 5.90. The number of hydrogen-bond donors (Lipinski definition) is 2. The molecule has 2 N–H and O–H groups in total. The molecule has 6 nitrogen and oxygen atoms in total. The van der Waals surface area contributed by atoms with Gasteiger partial charge in [0.15, 0.2) is 0 Å². The molecule has 0 radical (unpaired) electrons. The van der Waals surface area contributed by atoms with Crippen LogP contribution in [0.5, 0.6) is 0 Å². The van der Waals surface area contributed by atoms with Gasteiger partial charge in [0.25, 0.3) is 0 Å². The summed E-state index contributed by atoms with van der Waals surface area (Å²) in [6.45, 7) is 0.254. The Morgan fingerprint density at radius 1 is 1.15 bits per heavy atom. The molecule has 1 saturated carbocycles. The van der Waals surface area contributed by atoms with Crippen LogP contribution in [-0.2, 0) is 19.9 Å². The minimum atomic E-state index is -3.49. The highest BCUT2D eigenvalue weighted by atomic mass is 32.2. The number of aliphatic hydroxyl groups is 1. The number of hydrogen-bond acceptors (Lipinski definition) is 5. The summed E-state index contributed by atoms with van der Waals surface area (Å²) in [5.74, 6) is -0.104. The van der Waals surface area contributed by atoms with E-state index < -0.39 is 25.1 Å². The van der Waals surface area contributed by atoms with E-state index in [4.69, 9.17) is 0 Å². The van der Waals surface area contributed by atoms with Crippen LogP contribution < -0.4 is 4.72 Å². The largest absolute Gasteiger partial charge is 0.396 e. The van der Waals surface area contributed by atoms with E-state index in [1.54, 1.807) is 0 Å². The average molecular weight is 325 g/mol. The summed E-state index contributed by atoms with van der Waals surface area (Å²) in [5, 5.41) is 8.86. The maximum Gasteiger partial charge on any atom is 0.214 e. The first-order chi connectivity index (χ1) is 9.29. The number of aliphatic hydroxyl groups excluding tert-OH is 1. The Kier molecular flexibility index (Phi) is 4.78. The van der Waals surface area contributed by atoms with Crippen LogP contribution in [-0.4, -0.2) is 51.8 Å². The van der Waals surface area contributed by atoms with Crippen LogP contribution in [0.3, 0.4) is 0 Å². The third kappa shape index (κ3) is 3.72. The van der Waals surface area contributed by atoms with Gasteiger partial charge >= 0.3 is 0 Å². The van der Waals surface area contributed by atoms with Gasteiger partial charge in [-0.3, -0.25) is 0 Å². The molecule has 0 aromatic carbocycles. The van der Waals surface area contributed by atoms with Crippen molar-refractivity contribution in [1.29, 1.82) is 0 Å². The standard InChI is InChI=1S/C12H23NO5S2/c14-10-12(5-1-2-6-12)9-13-20(17,18)11-3-7-19(15,16)8-4-11/h11,13-14H,1-10H2. The molecule has 0 aromatic rings. The SMILES string of the molecule is O=S1(=O)CCC(S(=O)(=O)NCC2(CO)CCCC2)CC1. The Balaban J connectivity index is 1.94. The maximum atomic E-state index is 12.2. The van der Waals surface area contributed by atoms with E-state index >= 15 is 0 Å². The Morgan fingerprint density at radius 2 is 1.70 bits per heavy atom. The predicted molar refractivity (Wildman–Crippen MR) is 76.6 cm³/mol. The molecule has 118 valence electrons. The van der Waals surface area contributed by atoms with Crippen molar-refractivity contribution in [1.82, 2.24) is 4.72 Å². The molecule has 1 heterocycles. The summed E-state index contributed by atoms with van der Waals surface area (Å²) < 4.78 is 49.7. The van der Waals surface area contributed by atoms with Gasteiger partial charge in [0, 0.05) is 18.6 Å². The van der Waals surface area contributed by atoms with Gasteiger partial charge < -0.3 is 5.11 Å². The van der Waals surface area contributed by atoms with Crippen LogP contribution in [0.15, 0.2) is 0 Å².